The Labute approximate surface area is 161 Å². The minimum absolute atomic E-state index is 0.0526. The largest absolute Gasteiger partial charge is 0.407 e. The van der Waals surface area contributed by atoms with E-state index in [1.807, 2.05) is 0 Å². The molecule has 0 aliphatic carbocycles. The second-order valence-electron chi connectivity index (χ2n) is 7.13. The summed E-state index contributed by atoms with van der Waals surface area (Å²) >= 11 is 2.30. The molecular weight excluding hydrogens is 423 g/mol. The first-order chi connectivity index (χ1) is 11.4. The minimum Gasteiger partial charge on any atom is -0.407 e. The third kappa shape index (κ3) is 4.38. The van der Waals surface area contributed by atoms with Crippen molar-refractivity contribution in [2.24, 2.45) is 0 Å². The molecule has 1 nitrogen and oxygen atoms in total. The third-order valence-corrected chi connectivity index (χ3v) is 9.91. The Morgan fingerprint density at radius 3 is 1.79 bits per heavy atom. The van der Waals surface area contributed by atoms with Crippen LogP contribution in [0.5, 0.6) is 0 Å². The van der Waals surface area contributed by atoms with Gasteiger partial charge in [-0.2, -0.15) is 0 Å². The van der Waals surface area contributed by atoms with Crippen LogP contribution in [0.2, 0.25) is 5.04 Å². The average Bonchev–Trinajstić information content (AvgIpc) is 2.55. The maximum absolute atomic E-state index is 6.81. The van der Waals surface area contributed by atoms with Crippen LogP contribution in [0.4, 0.5) is 0 Å². The van der Waals surface area contributed by atoms with Gasteiger partial charge in [0.1, 0.15) is 0 Å². The Bertz CT molecular complexity index is 607. The molecule has 0 spiro atoms. The van der Waals surface area contributed by atoms with E-state index in [1.54, 1.807) is 0 Å². The first kappa shape index (κ1) is 19.4. The second-order valence-corrected chi connectivity index (χ2v) is 13.0. The van der Waals surface area contributed by atoms with Crippen LogP contribution in [0, 0.1) is 0 Å². The standard InChI is InChI=1S/C21H27IOSi/c1-18(22)12-11-17-23-24(21(2,3)4,19-13-7-5-8-14-19)20-15-9-6-10-16-20/h5-10,13-16H,1,11-12,17H2,2-4H3. The van der Waals surface area contributed by atoms with Crippen molar-refractivity contribution in [2.75, 3.05) is 6.61 Å². The summed E-state index contributed by atoms with van der Waals surface area (Å²) < 4.78 is 8.00. The lowest BCUT2D eigenvalue weighted by atomic mass is 10.2. The molecule has 0 radical (unpaired) electrons. The second kappa shape index (κ2) is 8.45. The van der Waals surface area contributed by atoms with E-state index in [0.29, 0.717) is 0 Å². The van der Waals surface area contributed by atoms with Gasteiger partial charge in [-0.3, -0.25) is 0 Å². The van der Waals surface area contributed by atoms with Crippen molar-refractivity contribution in [1.82, 2.24) is 0 Å². The van der Waals surface area contributed by atoms with Gasteiger partial charge in [-0.05, 0) is 54.4 Å². The van der Waals surface area contributed by atoms with Gasteiger partial charge in [0.15, 0.2) is 0 Å². The van der Waals surface area contributed by atoms with E-state index < -0.39 is 8.32 Å². The molecule has 0 heterocycles. The van der Waals surface area contributed by atoms with Crippen molar-refractivity contribution < 1.29 is 4.43 Å². The summed E-state index contributed by atoms with van der Waals surface area (Å²) in [6, 6.07) is 21.6. The van der Waals surface area contributed by atoms with Gasteiger partial charge < -0.3 is 4.43 Å². The Balaban J connectivity index is 2.47. The number of rotatable bonds is 7. The molecule has 128 valence electrons. The molecule has 2 aromatic rings. The molecule has 0 aromatic heterocycles. The highest BCUT2D eigenvalue weighted by molar-refractivity contribution is 14.1. The fraction of sp³-hybridized carbons (Fsp3) is 0.333. The van der Waals surface area contributed by atoms with Crippen molar-refractivity contribution in [2.45, 2.75) is 38.7 Å². The summed E-state index contributed by atoms with van der Waals surface area (Å²) in [5.41, 5.74) is 0. The molecule has 2 rings (SSSR count). The summed E-state index contributed by atoms with van der Waals surface area (Å²) in [7, 11) is -2.35. The summed E-state index contributed by atoms with van der Waals surface area (Å²) in [5, 5.41) is 2.74. The molecule has 0 unspecified atom stereocenters. The highest BCUT2D eigenvalue weighted by Crippen LogP contribution is 2.36. The van der Waals surface area contributed by atoms with E-state index >= 15 is 0 Å². The molecule has 3 heteroatoms. The quantitative estimate of drug-likeness (QED) is 0.316. The first-order valence-corrected chi connectivity index (χ1v) is 11.4. The molecule has 0 saturated heterocycles. The predicted molar refractivity (Wildman–Crippen MR) is 116 cm³/mol. The van der Waals surface area contributed by atoms with Crippen LogP contribution in [0.25, 0.3) is 0 Å². The molecule has 0 fully saturated rings. The Kier molecular flexibility index (Phi) is 6.84. The van der Waals surface area contributed by atoms with Crippen molar-refractivity contribution in [3.8, 4) is 0 Å². The molecule has 0 atom stereocenters. The number of hydrogen-bond acceptors (Lipinski definition) is 1. The Morgan fingerprint density at radius 2 is 1.42 bits per heavy atom. The normalized spacial score (nSPS) is 12.2. The van der Waals surface area contributed by atoms with Crippen LogP contribution in [0.15, 0.2) is 70.8 Å². The Morgan fingerprint density at radius 1 is 0.958 bits per heavy atom. The van der Waals surface area contributed by atoms with Gasteiger partial charge in [0, 0.05) is 6.61 Å². The SMILES string of the molecule is C=C(I)CCCO[Si](c1ccccc1)(c1ccccc1)C(C)(C)C. The maximum atomic E-state index is 6.81. The number of halogens is 1. The minimum atomic E-state index is -2.35. The zero-order valence-corrected chi connectivity index (χ0v) is 18.0. The molecule has 0 N–H and O–H groups in total. The fourth-order valence-electron chi connectivity index (χ4n) is 3.25. The van der Waals surface area contributed by atoms with Gasteiger partial charge in [0.05, 0.1) is 0 Å². The lowest BCUT2D eigenvalue weighted by molar-refractivity contribution is 0.293. The lowest BCUT2D eigenvalue weighted by Gasteiger charge is -2.43. The van der Waals surface area contributed by atoms with Crippen LogP contribution >= 0.6 is 22.6 Å². The monoisotopic (exact) mass is 450 g/mol. The van der Waals surface area contributed by atoms with Crippen molar-refractivity contribution in [3.63, 3.8) is 0 Å². The van der Waals surface area contributed by atoms with Gasteiger partial charge in [-0.15, -0.1) is 0 Å². The van der Waals surface area contributed by atoms with E-state index in [9.17, 15) is 0 Å². The van der Waals surface area contributed by atoms with Crippen LogP contribution < -0.4 is 10.4 Å². The van der Waals surface area contributed by atoms with Gasteiger partial charge in [-0.25, -0.2) is 0 Å². The van der Waals surface area contributed by atoms with E-state index in [0.717, 1.165) is 19.4 Å². The predicted octanol–water partition coefficient (Wildman–Crippen LogP) is 5.29. The molecule has 0 aliphatic heterocycles. The maximum Gasteiger partial charge on any atom is 0.261 e. The van der Waals surface area contributed by atoms with Crippen molar-refractivity contribution in [1.29, 1.82) is 0 Å². The summed E-state index contributed by atoms with van der Waals surface area (Å²) in [6.07, 6.45) is 2.03. The van der Waals surface area contributed by atoms with Gasteiger partial charge in [0.2, 0.25) is 0 Å². The summed E-state index contributed by atoms with van der Waals surface area (Å²) in [4.78, 5) is 0. The topological polar surface area (TPSA) is 9.23 Å². The fourth-order valence-corrected chi connectivity index (χ4v) is 8.24. The molecule has 2 aromatic carbocycles. The zero-order chi connectivity index (χ0) is 17.6. The first-order valence-electron chi connectivity index (χ1n) is 8.46. The Hall–Kier alpha value is -0.913. The van der Waals surface area contributed by atoms with Crippen LogP contribution in [0.1, 0.15) is 33.6 Å². The van der Waals surface area contributed by atoms with E-state index in [1.165, 1.54) is 14.0 Å². The number of benzene rings is 2. The summed E-state index contributed by atoms with van der Waals surface area (Å²) in [6.45, 7) is 11.7. The third-order valence-electron chi connectivity index (χ3n) is 4.33. The number of allylic oxidation sites excluding steroid dienone is 1. The van der Waals surface area contributed by atoms with Gasteiger partial charge in [0.25, 0.3) is 8.32 Å². The van der Waals surface area contributed by atoms with Crippen molar-refractivity contribution in [3.05, 3.63) is 70.8 Å². The lowest BCUT2D eigenvalue weighted by Crippen LogP contribution is -2.66. The van der Waals surface area contributed by atoms with Crippen LogP contribution in [-0.2, 0) is 4.43 Å². The highest BCUT2D eigenvalue weighted by atomic mass is 127. The molecule has 0 amide bonds. The van der Waals surface area contributed by atoms with Gasteiger partial charge >= 0.3 is 0 Å². The molecular formula is C21H27IOSi. The highest BCUT2D eigenvalue weighted by Gasteiger charge is 2.49. The van der Waals surface area contributed by atoms with E-state index in [2.05, 4.69) is 111 Å². The summed E-state index contributed by atoms with van der Waals surface area (Å²) in [5.74, 6) is 0. The number of hydrogen-bond donors (Lipinski definition) is 0. The molecule has 24 heavy (non-hydrogen) atoms. The molecule has 0 bridgehead atoms. The van der Waals surface area contributed by atoms with E-state index in [4.69, 9.17) is 4.43 Å². The van der Waals surface area contributed by atoms with Gasteiger partial charge in [-0.1, -0.05) is 88.0 Å². The van der Waals surface area contributed by atoms with Crippen LogP contribution in [-0.4, -0.2) is 14.9 Å². The van der Waals surface area contributed by atoms with Crippen molar-refractivity contribution >= 4 is 41.3 Å². The molecule has 0 saturated carbocycles. The average molecular weight is 450 g/mol. The zero-order valence-electron chi connectivity index (χ0n) is 14.9. The molecule has 0 aliphatic rings. The van der Waals surface area contributed by atoms with E-state index in [-0.39, 0.29) is 5.04 Å². The smallest absolute Gasteiger partial charge is 0.261 e. The van der Waals surface area contributed by atoms with Crippen LogP contribution in [0.3, 0.4) is 0 Å².